The number of nitrogens with zero attached hydrogens (tertiary/aromatic N) is 1. The molecular weight excluding hydrogens is 202 g/mol. The molecule has 0 radical (unpaired) electrons. The third kappa shape index (κ3) is 1.56. The fourth-order valence-electron chi connectivity index (χ4n) is 2.95. The summed E-state index contributed by atoms with van der Waals surface area (Å²) in [5.41, 5.74) is 2.32. The summed E-state index contributed by atoms with van der Waals surface area (Å²) in [4.78, 5) is 2.22. The van der Waals surface area contributed by atoms with Crippen molar-refractivity contribution in [2.75, 3.05) is 13.1 Å². The molecule has 1 heterocycles. The zero-order valence-electron chi connectivity index (χ0n) is 9.21. The predicted molar refractivity (Wildman–Crippen MR) is 61.1 cm³/mol. The molecule has 3 heteroatoms. The molecule has 86 valence electrons. The summed E-state index contributed by atoms with van der Waals surface area (Å²) in [6.45, 7) is 1.60. The van der Waals surface area contributed by atoms with Crippen molar-refractivity contribution >= 4 is 0 Å². The normalized spacial score (nSPS) is 34.2. The first-order valence-corrected chi connectivity index (χ1v) is 5.93. The second kappa shape index (κ2) is 3.84. The van der Waals surface area contributed by atoms with Gasteiger partial charge in [-0.1, -0.05) is 24.3 Å². The molecule has 2 unspecified atom stereocenters. The fraction of sp³-hybridized carbons (Fsp3) is 0.538. The zero-order chi connectivity index (χ0) is 11.1. The lowest BCUT2D eigenvalue weighted by molar-refractivity contribution is 0.0655. The number of fused-ring (bicyclic) bond motifs is 1. The standard InChI is InChI=1S/C13H17NO2/c15-10-5-6-14(8-10)12-7-9-3-1-2-4-11(9)13(12)16/h1-4,10,12-13,15-16H,5-8H2/t10-,12?,13?/m0/s1. The number of aliphatic hydroxyl groups excluding tert-OH is 2. The van der Waals surface area contributed by atoms with Crippen LogP contribution < -0.4 is 0 Å². The maximum Gasteiger partial charge on any atom is 0.0951 e. The van der Waals surface area contributed by atoms with Crippen LogP contribution in [0.5, 0.6) is 0 Å². The Bertz CT molecular complexity index is 393. The largest absolute Gasteiger partial charge is 0.392 e. The third-order valence-corrected chi connectivity index (χ3v) is 3.83. The Balaban J connectivity index is 1.82. The van der Waals surface area contributed by atoms with Crippen molar-refractivity contribution in [1.82, 2.24) is 4.90 Å². The minimum Gasteiger partial charge on any atom is -0.392 e. The van der Waals surface area contributed by atoms with Gasteiger partial charge < -0.3 is 10.2 Å². The number of aliphatic hydroxyl groups is 2. The smallest absolute Gasteiger partial charge is 0.0951 e. The molecule has 0 aromatic heterocycles. The van der Waals surface area contributed by atoms with Gasteiger partial charge in [0.1, 0.15) is 0 Å². The number of likely N-dealkylation sites (tertiary alicyclic amines) is 1. The van der Waals surface area contributed by atoms with E-state index in [4.69, 9.17) is 0 Å². The van der Waals surface area contributed by atoms with Gasteiger partial charge in [-0.3, -0.25) is 4.90 Å². The van der Waals surface area contributed by atoms with Gasteiger partial charge in [-0.05, 0) is 24.0 Å². The van der Waals surface area contributed by atoms with E-state index in [0.29, 0.717) is 6.54 Å². The molecule has 0 amide bonds. The van der Waals surface area contributed by atoms with Gasteiger partial charge in [-0.15, -0.1) is 0 Å². The average molecular weight is 219 g/mol. The van der Waals surface area contributed by atoms with Gasteiger partial charge >= 0.3 is 0 Å². The summed E-state index contributed by atoms with van der Waals surface area (Å²) in [7, 11) is 0. The van der Waals surface area contributed by atoms with E-state index in [1.54, 1.807) is 0 Å². The predicted octanol–water partition coefficient (Wildman–Crippen LogP) is 0.711. The summed E-state index contributed by atoms with van der Waals surface area (Å²) in [5, 5.41) is 19.8. The van der Waals surface area contributed by atoms with Crippen molar-refractivity contribution in [3.63, 3.8) is 0 Å². The molecule has 0 saturated carbocycles. The molecular formula is C13H17NO2. The fourth-order valence-corrected chi connectivity index (χ4v) is 2.95. The first kappa shape index (κ1) is 10.3. The van der Waals surface area contributed by atoms with E-state index in [-0.39, 0.29) is 18.2 Å². The van der Waals surface area contributed by atoms with Gasteiger partial charge in [-0.25, -0.2) is 0 Å². The van der Waals surface area contributed by atoms with E-state index in [9.17, 15) is 10.2 Å². The highest BCUT2D eigenvalue weighted by Gasteiger charge is 2.37. The van der Waals surface area contributed by atoms with Crippen molar-refractivity contribution in [3.05, 3.63) is 35.4 Å². The van der Waals surface area contributed by atoms with Crippen LogP contribution in [0.4, 0.5) is 0 Å². The van der Waals surface area contributed by atoms with Crippen molar-refractivity contribution in [2.24, 2.45) is 0 Å². The van der Waals surface area contributed by atoms with Crippen LogP contribution >= 0.6 is 0 Å². The quantitative estimate of drug-likeness (QED) is 0.731. The van der Waals surface area contributed by atoms with E-state index in [1.807, 2.05) is 18.2 Å². The maximum absolute atomic E-state index is 10.3. The van der Waals surface area contributed by atoms with Crippen molar-refractivity contribution in [1.29, 1.82) is 0 Å². The molecule has 16 heavy (non-hydrogen) atoms. The molecule has 2 N–H and O–H groups in total. The van der Waals surface area contributed by atoms with E-state index >= 15 is 0 Å². The Morgan fingerprint density at radius 1 is 1.19 bits per heavy atom. The van der Waals surface area contributed by atoms with Crippen LogP contribution in [0.2, 0.25) is 0 Å². The summed E-state index contributed by atoms with van der Waals surface area (Å²) in [6, 6.07) is 8.25. The molecule has 3 rings (SSSR count). The molecule has 0 bridgehead atoms. The molecule has 1 saturated heterocycles. The molecule has 1 aromatic rings. The van der Waals surface area contributed by atoms with Crippen LogP contribution in [-0.2, 0) is 6.42 Å². The van der Waals surface area contributed by atoms with Gasteiger partial charge in [0.05, 0.1) is 12.2 Å². The first-order valence-electron chi connectivity index (χ1n) is 5.93. The molecule has 1 aromatic carbocycles. The van der Waals surface area contributed by atoms with Gasteiger partial charge in [-0.2, -0.15) is 0 Å². The number of hydrogen-bond acceptors (Lipinski definition) is 3. The van der Waals surface area contributed by atoms with Gasteiger partial charge in [0.15, 0.2) is 0 Å². The SMILES string of the molecule is OC1c2ccccc2CC1N1CC[C@H](O)C1. The zero-order valence-corrected chi connectivity index (χ0v) is 9.21. The van der Waals surface area contributed by atoms with Crippen LogP contribution in [0.3, 0.4) is 0 Å². The average Bonchev–Trinajstić information content (AvgIpc) is 2.84. The summed E-state index contributed by atoms with van der Waals surface area (Å²) in [6.07, 6.45) is 1.14. The van der Waals surface area contributed by atoms with Crippen LogP contribution in [0, 0.1) is 0 Å². The van der Waals surface area contributed by atoms with E-state index in [1.165, 1.54) is 5.56 Å². The maximum atomic E-state index is 10.3. The first-order chi connectivity index (χ1) is 7.75. The minimum atomic E-state index is -0.388. The van der Waals surface area contributed by atoms with Gasteiger partial charge in [0.25, 0.3) is 0 Å². The highest BCUT2D eigenvalue weighted by Crippen LogP contribution is 2.35. The van der Waals surface area contributed by atoms with Crippen LogP contribution in [-0.4, -0.2) is 40.3 Å². The number of rotatable bonds is 1. The Labute approximate surface area is 95.3 Å². The van der Waals surface area contributed by atoms with E-state index < -0.39 is 0 Å². The van der Waals surface area contributed by atoms with E-state index in [2.05, 4.69) is 11.0 Å². The van der Waals surface area contributed by atoms with Crippen LogP contribution in [0.25, 0.3) is 0 Å². The Morgan fingerprint density at radius 3 is 2.69 bits per heavy atom. The van der Waals surface area contributed by atoms with Crippen LogP contribution in [0.1, 0.15) is 23.7 Å². The Hall–Kier alpha value is -0.900. The lowest BCUT2D eigenvalue weighted by Gasteiger charge is -2.26. The van der Waals surface area contributed by atoms with Crippen molar-refractivity contribution in [3.8, 4) is 0 Å². The van der Waals surface area contributed by atoms with Gasteiger partial charge in [0, 0.05) is 19.1 Å². The van der Waals surface area contributed by atoms with Crippen molar-refractivity contribution in [2.45, 2.75) is 31.1 Å². The topological polar surface area (TPSA) is 43.7 Å². The third-order valence-electron chi connectivity index (χ3n) is 3.83. The summed E-state index contributed by atoms with van der Waals surface area (Å²) >= 11 is 0. The summed E-state index contributed by atoms with van der Waals surface area (Å²) < 4.78 is 0. The minimum absolute atomic E-state index is 0.162. The lowest BCUT2D eigenvalue weighted by atomic mass is 10.1. The molecule has 0 spiro atoms. The Kier molecular flexibility index (Phi) is 2.46. The lowest BCUT2D eigenvalue weighted by Crippen LogP contribution is -2.37. The molecule has 1 aliphatic carbocycles. The molecule has 1 fully saturated rings. The highest BCUT2D eigenvalue weighted by atomic mass is 16.3. The van der Waals surface area contributed by atoms with E-state index in [0.717, 1.165) is 24.9 Å². The second-order valence-electron chi connectivity index (χ2n) is 4.85. The van der Waals surface area contributed by atoms with Gasteiger partial charge in [0.2, 0.25) is 0 Å². The van der Waals surface area contributed by atoms with Crippen LogP contribution in [0.15, 0.2) is 24.3 Å². The molecule has 2 aliphatic rings. The highest BCUT2D eigenvalue weighted by molar-refractivity contribution is 5.36. The Morgan fingerprint density at radius 2 is 2.00 bits per heavy atom. The van der Waals surface area contributed by atoms with Crippen molar-refractivity contribution < 1.29 is 10.2 Å². The molecule has 1 aliphatic heterocycles. The number of β-amino-alcohol motifs (C(OH)–C–C–N with tert-alkyl or cyclic N) is 1. The molecule has 3 nitrogen and oxygen atoms in total. The second-order valence-corrected chi connectivity index (χ2v) is 4.85. The number of benzene rings is 1. The molecule has 3 atom stereocenters. The number of hydrogen-bond donors (Lipinski definition) is 2. The summed E-state index contributed by atoms with van der Waals surface area (Å²) in [5.74, 6) is 0. The monoisotopic (exact) mass is 219 g/mol.